The van der Waals surface area contributed by atoms with E-state index in [0.29, 0.717) is 17.4 Å². The summed E-state index contributed by atoms with van der Waals surface area (Å²) in [5.74, 6) is 1.01. The van der Waals surface area contributed by atoms with Crippen molar-refractivity contribution >= 4 is 39.3 Å². The number of rotatable bonds is 6. The zero-order chi connectivity index (χ0) is 24.9. The molecule has 3 N–H and O–H groups in total. The van der Waals surface area contributed by atoms with Crippen LogP contribution in [0.1, 0.15) is 25.3 Å². The van der Waals surface area contributed by atoms with Crippen molar-refractivity contribution in [3.05, 3.63) is 72.9 Å². The van der Waals surface area contributed by atoms with Gasteiger partial charge in [0.2, 0.25) is 0 Å². The molecule has 1 saturated carbocycles. The van der Waals surface area contributed by atoms with Gasteiger partial charge in [0.15, 0.2) is 11.6 Å². The molecular weight excluding hydrogens is 465 g/mol. The zero-order valence-corrected chi connectivity index (χ0v) is 20.4. The third-order valence-corrected chi connectivity index (χ3v) is 7.83. The van der Waals surface area contributed by atoms with Crippen LogP contribution in [0.15, 0.2) is 67.1 Å². The van der Waals surface area contributed by atoms with E-state index >= 15 is 0 Å². The fourth-order valence-electron chi connectivity index (χ4n) is 5.67. The van der Waals surface area contributed by atoms with Crippen molar-refractivity contribution in [3.63, 3.8) is 0 Å². The number of hydrogen-bond acceptors (Lipinski definition) is 6. The number of fused-ring (bicyclic) bond motifs is 2. The molecule has 0 amide bonds. The van der Waals surface area contributed by atoms with Gasteiger partial charge < -0.3 is 20.5 Å². The van der Waals surface area contributed by atoms with E-state index in [4.69, 9.17) is 5.73 Å². The van der Waals surface area contributed by atoms with E-state index in [1.165, 1.54) is 32.1 Å². The van der Waals surface area contributed by atoms with Crippen molar-refractivity contribution in [3.8, 4) is 11.1 Å². The van der Waals surface area contributed by atoms with E-state index in [0.717, 1.165) is 52.0 Å². The molecule has 37 heavy (non-hydrogen) atoms. The molecule has 0 atom stereocenters. The van der Waals surface area contributed by atoms with Crippen molar-refractivity contribution in [2.24, 2.45) is 5.92 Å². The molecular formula is C29H28FN7. The van der Waals surface area contributed by atoms with Gasteiger partial charge in [0.05, 0.1) is 10.9 Å². The maximum Gasteiger partial charge on any atom is 0.167 e. The van der Waals surface area contributed by atoms with Gasteiger partial charge in [0.1, 0.15) is 17.8 Å². The predicted molar refractivity (Wildman–Crippen MR) is 145 cm³/mol. The summed E-state index contributed by atoms with van der Waals surface area (Å²) in [4.78, 5) is 16.1. The Morgan fingerprint density at radius 3 is 2.65 bits per heavy atom. The molecule has 1 aliphatic heterocycles. The molecule has 3 aromatic heterocycles. The van der Waals surface area contributed by atoms with Gasteiger partial charge in [0, 0.05) is 35.4 Å². The Kier molecular flexibility index (Phi) is 5.28. The number of anilines is 3. The SMILES string of the molecule is Nc1ncnc2c1c(-c1ccc3cc(F)c(Nc4ccccc4)nc3c1)cn2C1CC(CN2CCC2)C1. The largest absolute Gasteiger partial charge is 0.383 e. The predicted octanol–water partition coefficient (Wildman–Crippen LogP) is 5.77. The van der Waals surface area contributed by atoms with Gasteiger partial charge >= 0.3 is 0 Å². The second-order valence-corrected chi connectivity index (χ2v) is 10.3. The van der Waals surface area contributed by atoms with Gasteiger partial charge in [0.25, 0.3) is 0 Å². The van der Waals surface area contributed by atoms with E-state index in [9.17, 15) is 4.39 Å². The normalized spacial score (nSPS) is 19.6. The van der Waals surface area contributed by atoms with Crippen LogP contribution in [0.25, 0.3) is 33.1 Å². The molecule has 2 fully saturated rings. The number of halogens is 1. The van der Waals surface area contributed by atoms with Crippen LogP contribution in [0.2, 0.25) is 0 Å². The second kappa shape index (κ2) is 8.81. The monoisotopic (exact) mass is 493 g/mol. The molecule has 186 valence electrons. The first-order valence-electron chi connectivity index (χ1n) is 12.9. The van der Waals surface area contributed by atoms with Gasteiger partial charge in [-0.15, -0.1) is 0 Å². The first-order chi connectivity index (χ1) is 18.1. The summed E-state index contributed by atoms with van der Waals surface area (Å²) < 4.78 is 17.1. The third kappa shape index (κ3) is 3.97. The van der Waals surface area contributed by atoms with Gasteiger partial charge in [-0.05, 0) is 68.1 Å². The van der Waals surface area contributed by atoms with Crippen molar-refractivity contribution in [1.29, 1.82) is 0 Å². The summed E-state index contributed by atoms with van der Waals surface area (Å²) in [5.41, 5.74) is 10.7. The lowest BCUT2D eigenvalue weighted by Crippen LogP contribution is -2.43. The third-order valence-electron chi connectivity index (χ3n) is 7.83. The smallest absolute Gasteiger partial charge is 0.167 e. The molecule has 7 rings (SSSR count). The van der Waals surface area contributed by atoms with Crippen LogP contribution in [-0.4, -0.2) is 44.1 Å². The Balaban J connectivity index is 1.25. The minimum Gasteiger partial charge on any atom is -0.383 e. The molecule has 0 radical (unpaired) electrons. The van der Waals surface area contributed by atoms with Crippen LogP contribution in [-0.2, 0) is 0 Å². The minimum absolute atomic E-state index is 0.198. The molecule has 4 heterocycles. The Hall–Kier alpha value is -4.04. The molecule has 8 heteroatoms. The van der Waals surface area contributed by atoms with Crippen molar-refractivity contribution in [2.45, 2.75) is 25.3 Å². The molecule has 5 aromatic rings. The van der Waals surface area contributed by atoms with Crippen LogP contribution in [0.4, 0.5) is 21.7 Å². The van der Waals surface area contributed by atoms with Crippen molar-refractivity contribution in [1.82, 2.24) is 24.4 Å². The first kappa shape index (κ1) is 22.2. The van der Waals surface area contributed by atoms with Crippen molar-refractivity contribution in [2.75, 3.05) is 30.7 Å². The summed E-state index contributed by atoms with van der Waals surface area (Å²) in [7, 11) is 0. The Morgan fingerprint density at radius 2 is 1.86 bits per heavy atom. The van der Waals surface area contributed by atoms with Crippen molar-refractivity contribution < 1.29 is 4.39 Å². The lowest BCUT2D eigenvalue weighted by Gasteiger charge is -2.42. The summed E-state index contributed by atoms with van der Waals surface area (Å²) in [5, 5.41) is 4.68. The quantitative estimate of drug-likeness (QED) is 0.312. The Labute approximate surface area is 214 Å². The van der Waals surface area contributed by atoms with E-state index in [1.54, 1.807) is 6.33 Å². The first-order valence-corrected chi connectivity index (χ1v) is 12.9. The number of nitrogens with zero attached hydrogens (tertiary/aromatic N) is 5. The lowest BCUT2D eigenvalue weighted by molar-refractivity contribution is 0.0921. The van der Waals surface area contributed by atoms with E-state index in [-0.39, 0.29) is 5.82 Å². The summed E-state index contributed by atoms with van der Waals surface area (Å²) >= 11 is 0. The van der Waals surface area contributed by atoms with Gasteiger partial charge in [-0.1, -0.05) is 30.3 Å². The number of nitrogen functional groups attached to an aromatic ring is 1. The van der Waals surface area contributed by atoms with Crippen LogP contribution in [0.3, 0.4) is 0 Å². The number of nitrogens with two attached hydrogens (primary N) is 1. The van der Waals surface area contributed by atoms with Crippen LogP contribution >= 0.6 is 0 Å². The summed E-state index contributed by atoms with van der Waals surface area (Å²) in [6.45, 7) is 3.68. The second-order valence-electron chi connectivity index (χ2n) is 10.3. The topological polar surface area (TPSA) is 84.9 Å². The molecule has 7 nitrogen and oxygen atoms in total. The molecule has 1 saturated heterocycles. The zero-order valence-electron chi connectivity index (χ0n) is 20.4. The van der Waals surface area contributed by atoms with E-state index in [1.807, 2.05) is 48.5 Å². The number of nitrogens with one attached hydrogen (secondary N) is 1. The number of aromatic nitrogens is 4. The van der Waals surface area contributed by atoms with Crippen LogP contribution in [0.5, 0.6) is 0 Å². The summed E-state index contributed by atoms with van der Waals surface area (Å²) in [6.07, 6.45) is 7.33. The van der Waals surface area contributed by atoms with E-state index in [2.05, 4.69) is 35.9 Å². The maximum atomic E-state index is 14.8. The average molecular weight is 494 g/mol. The Morgan fingerprint density at radius 1 is 1.03 bits per heavy atom. The van der Waals surface area contributed by atoms with Gasteiger partial charge in [-0.25, -0.2) is 19.3 Å². The standard InChI is InChI=1S/C29H28FN7/c30-24-13-20-8-7-19(14-25(20)35-28(24)34-21-5-2-1-3-6-21)23-16-37(29-26(23)27(31)32-17-33-29)22-11-18(12-22)15-36-9-4-10-36/h1-3,5-8,13-14,16-18,22H,4,9-12,15H2,(H,34,35)(H2,31,32,33). The van der Waals surface area contributed by atoms with E-state index < -0.39 is 5.82 Å². The highest BCUT2D eigenvalue weighted by Crippen LogP contribution is 2.43. The minimum atomic E-state index is -0.392. The highest BCUT2D eigenvalue weighted by molar-refractivity contribution is 6.02. The van der Waals surface area contributed by atoms with Crippen LogP contribution in [0, 0.1) is 11.7 Å². The molecule has 2 aliphatic rings. The lowest BCUT2D eigenvalue weighted by atomic mass is 9.79. The van der Waals surface area contributed by atoms with Gasteiger partial charge in [-0.2, -0.15) is 0 Å². The molecule has 1 aliphatic carbocycles. The summed E-state index contributed by atoms with van der Waals surface area (Å²) in [6, 6.07) is 17.3. The molecule has 0 bridgehead atoms. The fraction of sp³-hybridized carbons (Fsp3) is 0.276. The van der Waals surface area contributed by atoms with Gasteiger partial charge in [-0.3, -0.25) is 0 Å². The molecule has 2 aromatic carbocycles. The van der Waals surface area contributed by atoms with Crippen LogP contribution < -0.4 is 11.1 Å². The Bertz CT molecular complexity index is 1600. The average Bonchev–Trinajstić information content (AvgIpc) is 3.23. The highest BCUT2D eigenvalue weighted by Gasteiger charge is 2.34. The molecule has 0 unspecified atom stereocenters. The maximum absolute atomic E-state index is 14.8. The highest BCUT2D eigenvalue weighted by atomic mass is 19.1. The molecule has 0 spiro atoms. The number of hydrogen-bond donors (Lipinski definition) is 2. The number of pyridine rings is 1. The fourth-order valence-corrected chi connectivity index (χ4v) is 5.67. The number of likely N-dealkylation sites (tertiary alicyclic amines) is 1. The number of benzene rings is 2. The number of para-hydroxylation sites is 1.